The molecule has 4 N–H and O–H groups in total. The Morgan fingerprint density at radius 2 is 2.00 bits per heavy atom. The van der Waals surface area contributed by atoms with Gasteiger partial charge in [0.2, 0.25) is 5.91 Å². The van der Waals surface area contributed by atoms with Gasteiger partial charge >= 0.3 is 0 Å². The molecule has 0 radical (unpaired) electrons. The molecule has 0 aliphatic carbocycles. The van der Waals surface area contributed by atoms with Crippen molar-refractivity contribution in [2.45, 2.75) is 13.0 Å². The number of carbonyl (C=O) groups excluding carboxylic acids is 1. The molecule has 2 aromatic carbocycles. The summed E-state index contributed by atoms with van der Waals surface area (Å²) in [5, 5.41) is 12.1. The Balaban J connectivity index is 2.07. The van der Waals surface area contributed by atoms with Crippen LogP contribution in [0, 0.1) is 5.82 Å². The fourth-order valence-corrected chi connectivity index (χ4v) is 1.81. The van der Waals surface area contributed by atoms with Crippen molar-refractivity contribution in [1.82, 2.24) is 0 Å². The fourth-order valence-electron chi connectivity index (χ4n) is 1.81. The third kappa shape index (κ3) is 3.33. The molecule has 0 unspecified atom stereocenters. The number of aromatic hydroxyl groups is 1. The van der Waals surface area contributed by atoms with Gasteiger partial charge in [-0.3, -0.25) is 4.79 Å². The predicted molar refractivity (Wildman–Crippen MR) is 74.7 cm³/mol. The van der Waals surface area contributed by atoms with Crippen LogP contribution in [0.15, 0.2) is 42.5 Å². The Morgan fingerprint density at radius 1 is 1.25 bits per heavy atom. The van der Waals surface area contributed by atoms with Crippen LogP contribution in [0.4, 0.5) is 10.1 Å². The highest BCUT2D eigenvalue weighted by Gasteiger charge is 2.10. The van der Waals surface area contributed by atoms with Crippen LogP contribution in [-0.2, 0) is 17.8 Å². The minimum Gasteiger partial charge on any atom is -0.508 e. The standard InChI is InChI=1S/C15H15FN2O2/c16-12-7-10(9-17)5-6-13(12)18-15(20)8-11-3-1-2-4-14(11)19/h1-7,19H,8-9,17H2,(H,18,20). The van der Waals surface area contributed by atoms with Crippen molar-refractivity contribution in [3.63, 3.8) is 0 Å². The van der Waals surface area contributed by atoms with E-state index in [1.807, 2.05) is 0 Å². The van der Waals surface area contributed by atoms with E-state index in [0.717, 1.165) is 0 Å². The molecule has 20 heavy (non-hydrogen) atoms. The van der Waals surface area contributed by atoms with E-state index in [2.05, 4.69) is 5.32 Å². The Bertz CT molecular complexity index is 629. The SMILES string of the molecule is NCc1ccc(NC(=O)Cc2ccccc2O)c(F)c1. The van der Waals surface area contributed by atoms with Crippen molar-refractivity contribution in [2.24, 2.45) is 5.73 Å². The Hall–Kier alpha value is -2.40. The van der Waals surface area contributed by atoms with Gasteiger partial charge in [-0.1, -0.05) is 24.3 Å². The third-order valence-corrected chi connectivity index (χ3v) is 2.89. The van der Waals surface area contributed by atoms with Crippen LogP contribution in [0.2, 0.25) is 0 Å². The number of amides is 1. The van der Waals surface area contributed by atoms with Crippen LogP contribution >= 0.6 is 0 Å². The summed E-state index contributed by atoms with van der Waals surface area (Å²) in [6.07, 6.45) is -0.0231. The van der Waals surface area contributed by atoms with Gasteiger partial charge in [0.15, 0.2) is 0 Å². The summed E-state index contributed by atoms with van der Waals surface area (Å²) < 4.78 is 13.7. The van der Waals surface area contributed by atoms with Crippen LogP contribution in [0.25, 0.3) is 0 Å². The number of halogens is 1. The molecule has 2 rings (SSSR count). The molecular weight excluding hydrogens is 259 g/mol. The Labute approximate surface area is 116 Å². The van der Waals surface area contributed by atoms with Gasteiger partial charge in [0.05, 0.1) is 12.1 Å². The molecule has 2 aromatic rings. The topological polar surface area (TPSA) is 75.3 Å². The summed E-state index contributed by atoms with van der Waals surface area (Å²) in [5.41, 5.74) is 6.65. The molecule has 104 valence electrons. The average molecular weight is 274 g/mol. The van der Waals surface area contributed by atoms with E-state index < -0.39 is 11.7 Å². The summed E-state index contributed by atoms with van der Waals surface area (Å²) in [4.78, 5) is 11.8. The highest BCUT2D eigenvalue weighted by Crippen LogP contribution is 2.19. The molecule has 0 saturated carbocycles. The highest BCUT2D eigenvalue weighted by atomic mass is 19.1. The van der Waals surface area contributed by atoms with Crippen LogP contribution in [0.3, 0.4) is 0 Å². The molecule has 0 saturated heterocycles. The number of phenols is 1. The highest BCUT2D eigenvalue weighted by molar-refractivity contribution is 5.92. The van der Waals surface area contributed by atoms with E-state index in [1.165, 1.54) is 18.2 Å². The maximum Gasteiger partial charge on any atom is 0.229 e. The van der Waals surface area contributed by atoms with Crippen molar-refractivity contribution in [3.8, 4) is 5.75 Å². The van der Waals surface area contributed by atoms with E-state index >= 15 is 0 Å². The lowest BCUT2D eigenvalue weighted by Crippen LogP contribution is -2.15. The zero-order valence-electron chi connectivity index (χ0n) is 10.8. The maximum absolute atomic E-state index is 13.7. The van der Waals surface area contributed by atoms with Crippen LogP contribution in [0.5, 0.6) is 5.75 Å². The van der Waals surface area contributed by atoms with Gasteiger partial charge in [-0.2, -0.15) is 0 Å². The summed E-state index contributed by atoms with van der Waals surface area (Å²) in [7, 11) is 0. The van der Waals surface area contributed by atoms with Gasteiger partial charge in [0.1, 0.15) is 11.6 Å². The van der Waals surface area contributed by atoms with Crippen LogP contribution in [-0.4, -0.2) is 11.0 Å². The number of phenolic OH excluding ortho intramolecular Hbond substituents is 1. The van der Waals surface area contributed by atoms with Crippen molar-refractivity contribution in [3.05, 3.63) is 59.4 Å². The van der Waals surface area contributed by atoms with Gasteiger partial charge in [-0.15, -0.1) is 0 Å². The van der Waals surface area contributed by atoms with E-state index in [0.29, 0.717) is 11.1 Å². The number of nitrogens with two attached hydrogens (primary N) is 1. The third-order valence-electron chi connectivity index (χ3n) is 2.89. The first kappa shape index (κ1) is 14.0. The van der Waals surface area contributed by atoms with E-state index in [9.17, 15) is 14.3 Å². The maximum atomic E-state index is 13.7. The molecule has 0 atom stereocenters. The first-order chi connectivity index (χ1) is 9.60. The first-order valence-corrected chi connectivity index (χ1v) is 6.15. The summed E-state index contributed by atoms with van der Waals surface area (Å²) in [6.45, 7) is 0.239. The number of carbonyl (C=O) groups is 1. The Morgan fingerprint density at radius 3 is 2.65 bits per heavy atom. The quantitative estimate of drug-likeness (QED) is 0.799. The van der Waals surface area contributed by atoms with E-state index in [4.69, 9.17) is 5.73 Å². The lowest BCUT2D eigenvalue weighted by molar-refractivity contribution is -0.115. The second kappa shape index (κ2) is 6.16. The molecule has 1 amide bonds. The lowest BCUT2D eigenvalue weighted by Gasteiger charge is -2.08. The van der Waals surface area contributed by atoms with Gasteiger partial charge < -0.3 is 16.2 Å². The van der Waals surface area contributed by atoms with Crippen molar-refractivity contribution in [1.29, 1.82) is 0 Å². The second-order valence-electron chi connectivity index (χ2n) is 4.37. The van der Waals surface area contributed by atoms with Crippen LogP contribution < -0.4 is 11.1 Å². The van der Waals surface area contributed by atoms with Crippen molar-refractivity contribution < 1.29 is 14.3 Å². The molecular formula is C15H15FN2O2. The zero-order chi connectivity index (χ0) is 14.5. The largest absolute Gasteiger partial charge is 0.508 e. The fraction of sp³-hybridized carbons (Fsp3) is 0.133. The molecule has 0 aromatic heterocycles. The average Bonchev–Trinajstić information content (AvgIpc) is 2.43. The zero-order valence-corrected chi connectivity index (χ0v) is 10.8. The van der Waals surface area contributed by atoms with Gasteiger partial charge in [-0.25, -0.2) is 4.39 Å². The molecule has 5 heteroatoms. The lowest BCUT2D eigenvalue weighted by atomic mass is 10.1. The van der Waals surface area contributed by atoms with E-state index in [1.54, 1.807) is 24.3 Å². The minimum atomic E-state index is -0.529. The molecule has 0 aliphatic heterocycles. The van der Waals surface area contributed by atoms with Gasteiger partial charge in [0.25, 0.3) is 0 Å². The van der Waals surface area contributed by atoms with Gasteiger partial charge in [-0.05, 0) is 23.8 Å². The number of hydrogen-bond donors (Lipinski definition) is 3. The Kier molecular flexibility index (Phi) is 4.32. The van der Waals surface area contributed by atoms with Gasteiger partial charge in [0, 0.05) is 12.1 Å². The number of para-hydroxylation sites is 1. The summed E-state index contributed by atoms with van der Waals surface area (Å²) in [5.74, 6) is -0.883. The van der Waals surface area contributed by atoms with Crippen molar-refractivity contribution in [2.75, 3.05) is 5.32 Å². The number of anilines is 1. The number of nitrogens with one attached hydrogen (secondary N) is 1. The van der Waals surface area contributed by atoms with E-state index in [-0.39, 0.29) is 24.4 Å². The molecule has 0 heterocycles. The number of rotatable bonds is 4. The molecule has 0 spiro atoms. The smallest absolute Gasteiger partial charge is 0.229 e. The van der Waals surface area contributed by atoms with Crippen molar-refractivity contribution >= 4 is 11.6 Å². The monoisotopic (exact) mass is 274 g/mol. The summed E-state index contributed by atoms with van der Waals surface area (Å²) in [6, 6.07) is 10.9. The normalized spacial score (nSPS) is 10.3. The number of hydrogen-bond acceptors (Lipinski definition) is 3. The second-order valence-corrected chi connectivity index (χ2v) is 4.37. The number of benzene rings is 2. The molecule has 0 bridgehead atoms. The molecule has 4 nitrogen and oxygen atoms in total. The minimum absolute atomic E-state index is 0.0231. The summed E-state index contributed by atoms with van der Waals surface area (Å²) >= 11 is 0. The van der Waals surface area contributed by atoms with Crippen LogP contribution in [0.1, 0.15) is 11.1 Å². The predicted octanol–water partition coefficient (Wildman–Crippen LogP) is 2.17. The first-order valence-electron chi connectivity index (χ1n) is 6.15. The molecule has 0 aliphatic rings. The molecule has 0 fully saturated rings.